The Hall–Kier alpha value is -1.91. The fourth-order valence-electron chi connectivity index (χ4n) is 2.12. The van der Waals surface area contributed by atoms with Crippen molar-refractivity contribution in [1.82, 2.24) is 14.5 Å². The van der Waals surface area contributed by atoms with Gasteiger partial charge in [0.25, 0.3) is 0 Å². The van der Waals surface area contributed by atoms with E-state index in [1.807, 2.05) is 6.92 Å². The summed E-state index contributed by atoms with van der Waals surface area (Å²) >= 11 is 0. The highest BCUT2D eigenvalue weighted by atomic mass is 16.4. The van der Waals surface area contributed by atoms with Crippen LogP contribution in [-0.4, -0.2) is 25.6 Å². The van der Waals surface area contributed by atoms with E-state index in [-0.39, 0.29) is 5.56 Å². The molecular weight excluding hydrogens is 230 g/mol. The summed E-state index contributed by atoms with van der Waals surface area (Å²) in [5.41, 5.74) is 1.69. The van der Waals surface area contributed by atoms with Crippen molar-refractivity contribution in [3.63, 3.8) is 0 Å². The Balaban J connectivity index is 2.67. The molecule has 1 N–H and O–H groups in total. The molecule has 5 heteroatoms. The third kappa shape index (κ3) is 2.08. The van der Waals surface area contributed by atoms with Crippen molar-refractivity contribution in [3.8, 4) is 0 Å². The summed E-state index contributed by atoms with van der Waals surface area (Å²) in [5, 5.41) is 9.80. The predicted octanol–water partition coefficient (Wildman–Crippen LogP) is 2.17. The molecule has 0 aliphatic rings. The minimum atomic E-state index is -0.941. The second-order valence-corrected chi connectivity index (χ2v) is 4.98. The number of aryl methyl sites for hydroxylation is 2. The summed E-state index contributed by atoms with van der Waals surface area (Å²) in [6, 6.07) is 0. The van der Waals surface area contributed by atoms with Crippen molar-refractivity contribution in [2.24, 2.45) is 13.0 Å². The summed E-state index contributed by atoms with van der Waals surface area (Å²) in [5.74, 6) is 0.304. The Morgan fingerprint density at radius 2 is 2.11 bits per heavy atom. The van der Waals surface area contributed by atoms with E-state index in [2.05, 4.69) is 23.8 Å². The van der Waals surface area contributed by atoms with Gasteiger partial charge >= 0.3 is 5.97 Å². The van der Waals surface area contributed by atoms with Gasteiger partial charge in [-0.25, -0.2) is 14.8 Å². The fraction of sp³-hybridized carbons (Fsp3) is 0.462. The molecule has 0 aliphatic carbocycles. The highest BCUT2D eigenvalue weighted by Gasteiger charge is 2.17. The molecule has 0 amide bonds. The summed E-state index contributed by atoms with van der Waals surface area (Å²) < 4.78 is 1.75. The van der Waals surface area contributed by atoms with Crippen molar-refractivity contribution in [2.45, 2.75) is 27.2 Å². The summed E-state index contributed by atoms with van der Waals surface area (Å²) in [6.45, 7) is 6.05. The molecule has 0 saturated carbocycles. The molecule has 18 heavy (non-hydrogen) atoms. The SMILES string of the molecule is Cc1nc(CC(C)C)nc2c1c(C(=O)O)cn2C. The first-order valence-corrected chi connectivity index (χ1v) is 5.96. The average molecular weight is 247 g/mol. The van der Waals surface area contributed by atoms with E-state index in [9.17, 15) is 4.79 Å². The zero-order valence-corrected chi connectivity index (χ0v) is 11.1. The topological polar surface area (TPSA) is 68.0 Å². The van der Waals surface area contributed by atoms with E-state index >= 15 is 0 Å². The number of nitrogens with zero attached hydrogens (tertiary/aromatic N) is 3. The summed E-state index contributed by atoms with van der Waals surface area (Å²) in [7, 11) is 1.81. The van der Waals surface area contributed by atoms with Gasteiger partial charge in [-0.1, -0.05) is 13.8 Å². The number of hydrogen-bond acceptors (Lipinski definition) is 3. The van der Waals surface area contributed by atoms with E-state index in [1.165, 1.54) is 0 Å². The van der Waals surface area contributed by atoms with Crippen LogP contribution in [0.5, 0.6) is 0 Å². The zero-order chi connectivity index (χ0) is 13.4. The van der Waals surface area contributed by atoms with Gasteiger partial charge in [-0.05, 0) is 12.8 Å². The lowest BCUT2D eigenvalue weighted by Crippen LogP contribution is -2.04. The maximum Gasteiger partial charge on any atom is 0.338 e. The largest absolute Gasteiger partial charge is 0.478 e. The van der Waals surface area contributed by atoms with Crippen molar-refractivity contribution in [2.75, 3.05) is 0 Å². The maximum absolute atomic E-state index is 11.2. The standard InChI is InChI=1S/C13H17N3O2/c1-7(2)5-10-14-8(3)11-9(13(17)18)6-16(4)12(11)15-10/h6-7H,5H2,1-4H3,(H,17,18). The number of carbonyl (C=O) groups is 1. The zero-order valence-electron chi connectivity index (χ0n) is 11.1. The molecule has 96 valence electrons. The lowest BCUT2D eigenvalue weighted by Gasteiger charge is -2.06. The predicted molar refractivity (Wildman–Crippen MR) is 68.7 cm³/mol. The molecule has 0 aliphatic heterocycles. The molecular formula is C13H17N3O2. The second-order valence-electron chi connectivity index (χ2n) is 4.98. The Bertz CT molecular complexity index is 614. The van der Waals surface area contributed by atoms with Gasteiger partial charge in [-0.3, -0.25) is 0 Å². The van der Waals surface area contributed by atoms with Gasteiger partial charge in [0.15, 0.2) is 0 Å². The van der Waals surface area contributed by atoms with E-state index in [1.54, 1.807) is 17.8 Å². The number of hydrogen-bond donors (Lipinski definition) is 1. The molecule has 0 aromatic carbocycles. The fourth-order valence-corrected chi connectivity index (χ4v) is 2.12. The van der Waals surface area contributed by atoms with Gasteiger partial charge < -0.3 is 9.67 Å². The molecule has 0 spiro atoms. The van der Waals surface area contributed by atoms with Gasteiger partial charge in [0.1, 0.15) is 11.5 Å². The first-order valence-electron chi connectivity index (χ1n) is 5.96. The first kappa shape index (κ1) is 12.5. The number of aromatic carboxylic acids is 1. The van der Waals surface area contributed by atoms with Crippen LogP contribution in [0.25, 0.3) is 11.0 Å². The van der Waals surface area contributed by atoms with Crippen LogP contribution in [0.3, 0.4) is 0 Å². The van der Waals surface area contributed by atoms with Crippen LogP contribution in [0, 0.1) is 12.8 Å². The molecule has 0 fully saturated rings. The van der Waals surface area contributed by atoms with Gasteiger partial charge in [-0.15, -0.1) is 0 Å². The van der Waals surface area contributed by atoms with Crippen molar-refractivity contribution >= 4 is 17.0 Å². The Labute approximate surface area is 105 Å². The van der Waals surface area contributed by atoms with Crippen LogP contribution in [0.15, 0.2) is 6.20 Å². The van der Waals surface area contributed by atoms with E-state index in [4.69, 9.17) is 5.11 Å². The van der Waals surface area contributed by atoms with Crippen LogP contribution in [0.2, 0.25) is 0 Å². The molecule has 0 radical (unpaired) electrons. The lowest BCUT2D eigenvalue weighted by molar-refractivity contribution is 0.0698. The molecule has 2 aromatic heterocycles. The smallest absolute Gasteiger partial charge is 0.338 e. The Morgan fingerprint density at radius 1 is 1.44 bits per heavy atom. The maximum atomic E-state index is 11.2. The monoisotopic (exact) mass is 247 g/mol. The van der Waals surface area contributed by atoms with E-state index in [0.717, 1.165) is 17.9 Å². The Kier molecular flexibility index (Phi) is 3.07. The van der Waals surface area contributed by atoms with Crippen LogP contribution in [0.1, 0.15) is 35.7 Å². The molecule has 0 bridgehead atoms. The van der Waals surface area contributed by atoms with Crippen LogP contribution in [0.4, 0.5) is 0 Å². The van der Waals surface area contributed by atoms with Gasteiger partial charge in [0.2, 0.25) is 0 Å². The summed E-state index contributed by atoms with van der Waals surface area (Å²) in [4.78, 5) is 20.1. The van der Waals surface area contributed by atoms with Crippen molar-refractivity contribution in [1.29, 1.82) is 0 Å². The molecule has 0 atom stereocenters. The second kappa shape index (κ2) is 4.40. The van der Waals surface area contributed by atoms with Gasteiger partial charge in [0, 0.05) is 19.7 Å². The van der Waals surface area contributed by atoms with Crippen LogP contribution in [-0.2, 0) is 13.5 Å². The minimum Gasteiger partial charge on any atom is -0.478 e. The summed E-state index contributed by atoms with van der Waals surface area (Å²) in [6.07, 6.45) is 2.39. The molecule has 2 aromatic rings. The number of carboxylic acids is 1. The molecule has 2 rings (SSSR count). The first-order chi connectivity index (χ1) is 8.40. The highest BCUT2D eigenvalue weighted by Crippen LogP contribution is 2.22. The number of fused-ring (bicyclic) bond motifs is 1. The highest BCUT2D eigenvalue weighted by molar-refractivity contribution is 6.03. The number of aromatic nitrogens is 3. The lowest BCUT2D eigenvalue weighted by atomic mass is 10.1. The minimum absolute atomic E-state index is 0.265. The average Bonchev–Trinajstić information content (AvgIpc) is 2.56. The number of rotatable bonds is 3. The molecule has 0 unspecified atom stereocenters. The number of carboxylic acid groups (broad SMARTS) is 1. The third-order valence-electron chi connectivity index (χ3n) is 2.86. The molecule has 0 saturated heterocycles. The van der Waals surface area contributed by atoms with Gasteiger partial charge in [-0.2, -0.15) is 0 Å². The molecule has 2 heterocycles. The third-order valence-corrected chi connectivity index (χ3v) is 2.86. The van der Waals surface area contributed by atoms with E-state index < -0.39 is 5.97 Å². The van der Waals surface area contributed by atoms with Crippen LogP contribution >= 0.6 is 0 Å². The van der Waals surface area contributed by atoms with E-state index in [0.29, 0.717) is 17.0 Å². The van der Waals surface area contributed by atoms with Gasteiger partial charge in [0.05, 0.1) is 16.6 Å². The van der Waals surface area contributed by atoms with Crippen molar-refractivity contribution < 1.29 is 9.90 Å². The van der Waals surface area contributed by atoms with Crippen molar-refractivity contribution in [3.05, 3.63) is 23.3 Å². The Morgan fingerprint density at radius 3 is 2.67 bits per heavy atom. The normalized spacial score (nSPS) is 11.4. The quantitative estimate of drug-likeness (QED) is 0.902. The van der Waals surface area contributed by atoms with Crippen LogP contribution < -0.4 is 0 Å². The molecule has 5 nitrogen and oxygen atoms in total.